The smallest absolute Gasteiger partial charge is 0.338 e. The fourth-order valence-electron chi connectivity index (χ4n) is 4.05. The van der Waals surface area contributed by atoms with E-state index in [4.69, 9.17) is 18.9 Å². The number of nitrogens with zero attached hydrogens (tertiary/aromatic N) is 1. The topological polar surface area (TPSA) is 114 Å². The van der Waals surface area contributed by atoms with Gasteiger partial charge in [-0.05, 0) is 76.6 Å². The second-order valence-electron chi connectivity index (χ2n) is 9.69. The van der Waals surface area contributed by atoms with Crippen molar-refractivity contribution in [2.75, 3.05) is 13.2 Å². The summed E-state index contributed by atoms with van der Waals surface area (Å²) in [6, 6.07) is 7.60. The number of esters is 2. The van der Waals surface area contributed by atoms with E-state index in [0.717, 1.165) is 30.0 Å². The van der Waals surface area contributed by atoms with Crippen LogP contribution in [0.15, 0.2) is 30.3 Å². The Balaban J connectivity index is 1.69. The monoisotopic (exact) mass is 483 g/mol. The van der Waals surface area contributed by atoms with Gasteiger partial charge in [0.15, 0.2) is 0 Å². The molecule has 35 heavy (non-hydrogen) atoms. The summed E-state index contributed by atoms with van der Waals surface area (Å²) in [4.78, 5) is 36.1. The minimum Gasteiger partial charge on any atom is -0.493 e. The van der Waals surface area contributed by atoms with Crippen molar-refractivity contribution in [3.05, 3.63) is 57.1 Å². The van der Waals surface area contributed by atoms with Crippen LogP contribution in [0.1, 0.15) is 80.3 Å². The molecule has 1 unspecified atom stereocenters. The number of nitro benzene ring substituents is 1. The zero-order valence-electron chi connectivity index (χ0n) is 20.3. The Kier molecular flexibility index (Phi) is 6.69. The third-order valence-corrected chi connectivity index (χ3v) is 5.78. The zero-order valence-corrected chi connectivity index (χ0v) is 20.3. The van der Waals surface area contributed by atoms with E-state index in [1.165, 1.54) is 12.1 Å². The molecule has 2 aliphatic rings. The number of fused-ring (bicyclic) bond motifs is 1. The Morgan fingerprint density at radius 2 is 1.83 bits per heavy atom. The molecule has 1 aliphatic heterocycles. The lowest BCUT2D eigenvalue weighted by atomic mass is 9.90. The quantitative estimate of drug-likeness (QED) is 0.282. The number of rotatable bonds is 7. The van der Waals surface area contributed by atoms with Crippen LogP contribution in [0, 0.1) is 10.1 Å². The lowest BCUT2D eigenvalue weighted by Gasteiger charge is -2.26. The first-order valence-electron chi connectivity index (χ1n) is 11.7. The Morgan fingerprint density at radius 1 is 1.09 bits per heavy atom. The van der Waals surface area contributed by atoms with Crippen molar-refractivity contribution in [3.63, 3.8) is 0 Å². The minimum atomic E-state index is -0.731. The SMILES string of the molecule is CCOC(=O)C1CCOc2cc(Oc3ccc(C(=O)OC(C)(C)C)cc3[N+](=O)[O-])c(C3CC3)cc21. The van der Waals surface area contributed by atoms with Crippen LogP contribution in [-0.4, -0.2) is 35.7 Å². The van der Waals surface area contributed by atoms with Gasteiger partial charge in [-0.15, -0.1) is 0 Å². The molecular weight excluding hydrogens is 454 g/mol. The summed E-state index contributed by atoms with van der Waals surface area (Å²) in [6.07, 6.45) is 2.44. The molecule has 186 valence electrons. The number of carbonyl (C=O) groups is 2. The van der Waals surface area contributed by atoms with Crippen LogP contribution in [0.2, 0.25) is 0 Å². The Hall–Kier alpha value is -3.62. The van der Waals surface area contributed by atoms with E-state index in [9.17, 15) is 19.7 Å². The lowest BCUT2D eigenvalue weighted by Crippen LogP contribution is -2.24. The second-order valence-corrected chi connectivity index (χ2v) is 9.69. The van der Waals surface area contributed by atoms with E-state index < -0.39 is 22.4 Å². The van der Waals surface area contributed by atoms with E-state index in [1.54, 1.807) is 33.8 Å². The average Bonchev–Trinajstić information content (AvgIpc) is 3.62. The van der Waals surface area contributed by atoms with Gasteiger partial charge < -0.3 is 18.9 Å². The van der Waals surface area contributed by atoms with Gasteiger partial charge >= 0.3 is 17.6 Å². The molecule has 0 saturated heterocycles. The molecule has 0 bridgehead atoms. The van der Waals surface area contributed by atoms with Crippen LogP contribution >= 0.6 is 0 Å². The summed E-state index contributed by atoms with van der Waals surface area (Å²) in [5.74, 6) is -0.195. The van der Waals surface area contributed by atoms with Crippen LogP contribution in [0.4, 0.5) is 5.69 Å². The molecular formula is C26H29NO8. The molecule has 0 spiro atoms. The number of ether oxygens (including phenoxy) is 4. The minimum absolute atomic E-state index is 0.00177. The first-order valence-corrected chi connectivity index (χ1v) is 11.7. The van der Waals surface area contributed by atoms with Crippen molar-refractivity contribution in [1.82, 2.24) is 0 Å². The summed E-state index contributed by atoms with van der Waals surface area (Å²) in [5, 5.41) is 11.8. The summed E-state index contributed by atoms with van der Waals surface area (Å²) >= 11 is 0. The van der Waals surface area contributed by atoms with E-state index in [1.807, 2.05) is 6.07 Å². The molecule has 2 aromatic rings. The Bertz CT molecular complexity index is 1160. The third-order valence-electron chi connectivity index (χ3n) is 5.78. The van der Waals surface area contributed by atoms with E-state index in [0.29, 0.717) is 31.1 Å². The molecule has 0 aromatic heterocycles. The lowest BCUT2D eigenvalue weighted by molar-refractivity contribution is -0.385. The fraction of sp³-hybridized carbons (Fsp3) is 0.462. The van der Waals surface area contributed by atoms with Crippen molar-refractivity contribution >= 4 is 17.6 Å². The zero-order chi connectivity index (χ0) is 25.3. The van der Waals surface area contributed by atoms with Crippen molar-refractivity contribution in [2.45, 2.75) is 64.4 Å². The summed E-state index contributed by atoms with van der Waals surface area (Å²) in [5.41, 5.74) is 0.600. The average molecular weight is 484 g/mol. The molecule has 1 saturated carbocycles. The molecule has 1 aliphatic carbocycles. The van der Waals surface area contributed by atoms with Gasteiger partial charge in [-0.3, -0.25) is 14.9 Å². The van der Waals surface area contributed by atoms with Crippen molar-refractivity contribution < 1.29 is 33.5 Å². The molecule has 4 rings (SSSR count). The molecule has 1 heterocycles. The highest BCUT2D eigenvalue weighted by atomic mass is 16.6. The molecule has 2 aromatic carbocycles. The van der Waals surface area contributed by atoms with E-state index >= 15 is 0 Å². The number of nitro groups is 1. The highest BCUT2D eigenvalue weighted by molar-refractivity contribution is 5.91. The summed E-state index contributed by atoms with van der Waals surface area (Å²) in [6.45, 7) is 7.59. The maximum atomic E-state index is 12.5. The molecule has 0 N–H and O–H groups in total. The van der Waals surface area contributed by atoms with Crippen LogP contribution in [0.5, 0.6) is 17.2 Å². The van der Waals surface area contributed by atoms with Gasteiger partial charge in [0.05, 0.1) is 29.6 Å². The Labute approximate surface area is 203 Å². The molecule has 0 radical (unpaired) electrons. The van der Waals surface area contributed by atoms with Gasteiger partial charge in [0, 0.05) is 17.7 Å². The Morgan fingerprint density at radius 3 is 2.46 bits per heavy atom. The highest BCUT2D eigenvalue weighted by Gasteiger charge is 2.35. The first-order chi connectivity index (χ1) is 16.6. The number of hydrogen-bond acceptors (Lipinski definition) is 8. The van der Waals surface area contributed by atoms with E-state index in [-0.39, 0.29) is 28.9 Å². The van der Waals surface area contributed by atoms with Crippen LogP contribution < -0.4 is 9.47 Å². The van der Waals surface area contributed by atoms with Gasteiger partial charge in [-0.1, -0.05) is 0 Å². The van der Waals surface area contributed by atoms with Gasteiger partial charge in [0.25, 0.3) is 0 Å². The predicted molar refractivity (Wildman–Crippen MR) is 126 cm³/mol. The normalized spacial score (nSPS) is 17.1. The second kappa shape index (κ2) is 9.56. The maximum Gasteiger partial charge on any atom is 0.338 e. The summed E-state index contributed by atoms with van der Waals surface area (Å²) < 4.78 is 22.4. The molecule has 1 fully saturated rings. The van der Waals surface area contributed by atoms with Gasteiger partial charge in [0.2, 0.25) is 5.75 Å². The highest BCUT2D eigenvalue weighted by Crippen LogP contribution is 2.50. The van der Waals surface area contributed by atoms with Crippen LogP contribution in [0.3, 0.4) is 0 Å². The van der Waals surface area contributed by atoms with Crippen LogP contribution in [0.25, 0.3) is 0 Å². The third kappa shape index (κ3) is 5.55. The predicted octanol–water partition coefficient (Wildman–Crippen LogP) is 5.65. The van der Waals surface area contributed by atoms with Crippen LogP contribution in [-0.2, 0) is 14.3 Å². The van der Waals surface area contributed by atoms with Gasteiger partial charge in [-0.25, -0.2) is 4.79 Å². The number of benzene rings is 2. The van der Waals surface area contributed by atoms with Crippen molar-refractivity contribution in [1.29, 1.82) is 0 Å². The fourth-order valence-corrected chi connectivity index (χ4v) is 4.05. The van der Waals surface area contributed by atoms with Crippen molar-refractivity contribution in [3.8, 4) is 17.2 Å². The largest absolute Gasteiger partial charge is 0.493 e. The molecule has 1 atom stereocenters. The molecule has 0 amide bonds. The standard InChI is InChI=1S/C26H29NO8/c1-5-32-25(29)17-10-11-33-22-14-23(18(13-19(17)22)15-6-7-15)34-21-9-8-16(12-20(21)27(30)31)24(28)35-26(2,3)4/h8-9,12-15,17H,5-7,10-11H2,1-4H3. The summed E-state index contributed by atoms with van der Waals surface area (Å²) in [7, 11) is 0. The van der Waals surface area contributed by atoms with Gasteiger partial charge in [-0.2, -0.15) is 0 Å². The molecule has 9 nitrogen and oxygen atoms in total. The number of hydrogen-bond donors (Lipinski definition) is 0. The first kappa shape index (κ1) is 24.5. The maximum absolute atomic E-state index is 12.5. The van der Waals surface area contributed by atoms with E-state index in [2.05, 4.69) is 0 Å². The van der Waals surface area contributed by atoms with Gasteiger partial charge in [0.1, 0.15) is 17.1 Å². The van der Waals surface area contributed by atoms with Crippen molar-refractivity contribution in [2.24, 2.45) is 0 Å². The molecule has 9 heteroatoms. The number of carbonyl (C=O) groups excluding carboxylic acids is 2.